The fourth-order valence-corrected chi connectivity index (χ4v) is 2.36. The molecule has 16 heavy (non-hydrogen) atoms. The van der Waals surface area contributed by atoms with E-state index in [0.717, 1.165) is 5.75 Å². The highest BCUT2D eigenvalue weighted by Gasteiger charge is 2.05. The van der Waals surface area contributed by atoms with E-state index in [1.807, 2.05) is 6.92 Å². The lowest BCUT2D eigenvalue weighted by Gasteiger charge is -2.04. The van der Waals surface area contributed by atoms with E-state index >= 15 is 0 Å². The van der Waals surface area contributed by atoms with E-state index in [2.05, 4.69) is 42.2 Å². The smallest absolute Gasteiger partial charge is 0.236 e. The molecule has 0 amide bonds. The van der Waals surface area contributed by atoms with Crippen molar-refractivity contribution in [2.45, 2.75) is 31.4 Å². The van der Waals surface area contributed by atoms with Gasteiger partial charge in [-0.25, -0.2) is 0 Å². The van der Waals surface area contributed by atoms with Crippen LogP contribution in [0.3, 0.4) is 0 Å². The molecule has 0 aliphatic heterocycles. The maximum absolute atomic E-state index is 5.07. The van der Waals surface area contributed by atoms with Gasteiger partial charge < -0.3 is 4.52 Å². The molecule has 4 heteroatoms. The van der Waals surface area contributed by atoms with E-state index in [1.54, 1.807) is 11.8 Å². The molecule has 0 unspecified atom stereocenters. The van der Waals surface area contributed by atoms with Crippen molar-refractivity contribution in [3.63, 3.8) is 0 Å². The monoisotopic (exact) mass is 234 g/mol. The first-order chi connectivity index (χ1) is 7.65. The van der Waals surface area contributed by atoms with Gasteiger partial charge in [0.05, 0.1) is 5.75 Å². The molecule has 1 heterocycles. The highest BCUT2D eigenvalue weighted by molar-refractivity contribution is 7.98. The van der Waals surface area contributed by atoms with Gasteiger partial charge in [-0.1, -0.05) is 22.9 Å². The van der Waals surface area contributed by atoms with Crippen LogP contribution in [0.15, 0.2) is 27.6 Å². The normalized spacial score (nSPS) is 10.7. The van der Waals surface area contributed by atoms with Crippen molar-refractivity contribution >= 4 is 11.8 Å². The van der Waals surface area contributed by atoms with Gasteiger partial charge in [-0.2, -0.15) is 4.98 Å². The molecule has 2 aromatic rings. The molecule has 0 fully saturated rings. The number of aryl methyl sites for hydroxylation is 3. The zero-order valence-electron chi connectivity index (χ0n) is 9.65. The van der Waals surface area contributed by atoms with E-state index in [1.165, 1.54) is 16.0 Å². The van der Waals surface area contributed by atoms with Crippen LogP contribution < -0.4 is 0 Å². The third-order valence-corrected chi connectivity index (χ3v) is 3.41. The highest BCUT2D eigenvalue weighted by atomic mass is 32.2. The van der Waals surface area contributed by atoms with Crippen molar-refractivity contribution in [2.75, 3.05) is 0 Å². The number of hydrogen-bond acceptors (Lipinski definition) is 4. The average molecular weight is 234 g/mol. The minimum absolute atomic E-state index is 0.684. The molecule has 1 aromatic carbocycles. The predicted octanol–water partition coefficient (Wildman–Crippen LogP) is 3.29. The van der Waals surface area contributed by atoms with Crippen molar-refractivity contribution in [3.05, 3.63) is 41.0 Å². The summed E-state index contributed by atoms with van der Waals surface area (Å²) >= 11 is 1.73. The Morgan fingerprint density at radius 3 is 2.75 bits per heavy atom. The highest BCUT2D eigenvalue weighted by Crippen LogP contribution is 2.26. The van der Waals surface area contributed by atoms with Crippen molar-refractivity contribution in [3.8, 4) is 0 Å². The number of rotatable bonds is 3. The minimum Gasteiger partial charge on any atom is -0.338 e. The van der Waals surface area contributed by atoms with Gasteiger partial charge in [-0.15, -0.1) is 11.8 Å². The minimum atomic E-state index is 0.684. The second kappa shape index (κ2) is 4.70. The Hall–Kier alpha value is -1.29. The van der Waals surface area contributed by atoms with Crippen molar-refractivity contribution in [2.24, 2.45) is 0 Å². The molecule has 0 N–H and O–H groups in total. The number of hydrogen-bond donors (Lipinski definition) is 0. The number of benzene rings is 1. The van der Waals surface area contributed by atoms with Gasteiger partial charge in [0.1, 0.15) is 0 Å². The van der Waals surface area contributed by atoms with Gasteiger partial charge in [0, 0.05) is 4.90 Å². The molecular formula is C12H14N2OS. The molecule has 3 nitrogen and oxygen atoms in total. The summed E-state index contributed by atoms with van der Waals surface area (Å²) in [6.45, 7) is 6.04. The Bertz CT molecular complexity index is 494. The molecule has 84 valence electrons. The Kier molecular flexibility index (Phi) is 3.29. The molecule has 2 rings (SSSR count). The first-order valence-corrected chi connectivity index (χ1v) is 6.13. The van der Waals surface area contributed by atoms with Gasteiger partial charge in [-0.3, -0.25) is 0 Å². The summed E-state index contributed by atoms with van der Waals surface area (Å²) in [5, 5.41) is 3.77. The van der Waals surface area contributed by atoms with Crippen LogP contribution in [0, 0.1) is 20.8 Å². The fourth-order valence-electron chi connectivity index (χ4n) is 1.40. The van der Waals surface area contributed by atoms with Gasteiger partial charge in [0.15, 0.2) is 5.82 Å². The third-order valence-electron chi connectivity index (χ3n) is 2.26. The number of thioether (sulfide) groups is 1. The second-order valence-corrected chi connectivity index (χ2v) is 4.81. The molecule has 0 bridgehead atoms. The van der Waals surface area contributed by atoms with Crippen LogP contribution in [0.5, 0.6) is 0 Å². The predicted molar refractivity (Wildman–Crippen MR) is 64.5 cm³/mol. The van der Waals surface area contributed by atoms with Gasteiger partial charge in [-0.05, 0) is 32.4 Å². The van der Waals surface area contributed by atoms with Crippen LogP contribution in [0.2, 0.25) is 0 Å². The Morgan fingerprint density at radius 1 is 1.25 bits per heavy atom. The topological polar surface area (TPSA) is 38.9 Å². The summed E-state index contributed by atoms with van der Waals surface area (Å²) in [6.07, 6.45) is 0. The van der Waals surface area contributed by atoms with Gasteiger partial charge >= 0.3 is 0 Å². The number of nitrogens with zero attached hydrogens (tertiary/aromatic N) is 2. The number of aromatic nitrogens is 2. The zero-order chi connectivity index (χ0) is 11.5. The lowest BCUT2D eigenvalue weighted by molar-refractivity contribution is 0.387. The molecule has 0 aliphatic carbocycles. The molecule has 0 aliphatic rings. The zero-order valence-corrected chi connectivity index (χ0v) is 10.5. The van der Waals surface area contributed by atoms with Crippen LogP contribution >= 0.6 is 11.8 Å². The second-order valence-electron chi connectivity index (χ2n) is 3.79. The van der Waals surface area contributed by atoms with Crippen LogP contribution in [0.25, 0.3) is 0 Å². The van der Waals surface area contributed by atoms with Crippen molar-refractivity contribution in [1.29, 1.82) is 0 Å². The summed E-state index contributed by atoms with van der Waals surface area (Å²) in [4.78, 5) is 5.45. The fraction of sp³-hybridized carbons (Fsp3) is 0.333. The summed E-state index contributed by atoms with van der Waals surface area (Å²) in [7, 11) is 0. The van der Waals surface area contributed by atoms with Crippen molar-refractivity contribution in [1.82, 2.24) is 10.1 Å². The third kappa shape index (κ3) is 2.64. The van der Waals surface area contributed by atoms with E-state index < -0.39 is 0 Å². The largest absolute Gasteiger partial charge is 0.338 e. The maximum Gasteiger partial charge on any atom is 0.236 e. The van der Waals surface area contributed by atoms with Crippen LogP contribution in [-0.4, -0.2) is 10.1 Å². The molecule has 0 saturated carbocycles. The maximum atomic E-state index is 5.07. The van der Waals surface area contributed by atoms with E-state index in [4.69, 9.17) is 4.52 Å². The molecule has 0 saturated heterocycles. The quantitative estimate of drug-likeness (QED) is 0.764. The summed E-state index contributed by atoms with van der Waals surface area (Å²) in [5.41, 5.74) is 2.56. The van der Waals surface area contributed by atoms with E-state index in [9.17, 15) is 0 Å². The lowest BCUT2D eigenvalue weighted by Crippen LogP contribution is -1.85. The molecule has 0 atom stereocenters. The van der Waals surface area contributed by atoms with Gasteiger partial charge in [0.2, 0.25) is 5.89 Å². The first-order valence-electron chi connectivity index (χ1n) is 5.14. The summed E-state index contributed by atoms with van der Waals surface area (Å²) in [6, 6.07) is 6.44. The Labute approximate surface area is 99.3 Å². The molecule has 0 radical (unpaired) electrons. The van der Waals surface area contributed by atoms with Crippen LogP contribution in [0.1, 0.15) is 22.8 Å². The van der Waals surface area contributed by atoms with Gasteiger partial charge in [0.25, 0.3) is 0 Å². The standard InChI is InChI=1S/C12H14N2OS/c1-8-4-5-9(2)11(6-8)16-7-12-13-10(3)14-15-12/h4-6H,7H2,1-3H3. The summed E-state index contributed by atoms with van der Waals surface area (Å²) < 4.78 is 5.07. The van der Waals surface area contributed by atoms with Crippen molar-refractivity contribution < 1.29 is 4.52 Å². The first kappa shape index (κ1) is 11.2. The Balaban J connectivity index is 2.07. The van der Waals surface area contributed by atoms with E-state index in [0.29, 0.717) is 11.7 Å². The molecular weight excluding hydrogens is 220 g/mol. The van der Waals surface area contributed by atoms with E-state index in [-0.39, 0.29) is 0 Å². The van der Waals surface area contributed by atoms with Crippen LogP contribution in [-0.2, 0) is 5.75 Å². The summed E-state index contributed by atoms with van der Waals surface area (Å²) in [5.74, 6) is 2.10. The lowest BCUT2D eigenvalue weighted by atomic mass is 10.2. The Morgan fingerprint density at radius 2 is 2.06 bits per heavy atom. The molecule has 1 aromatic heterocycles. The molecule has 0 spiro atoms. The average Bonchev–Trinajstić information content (AvgIpc) is 2.66. The van der Waals surface area contributed by atoms with Crippen LogP contribution in [0.4, 0.5) is 0 Å². The SMILES string of the molecule is Cc1ccc(C)c(SCc2nc(C)no2)c1.